The van der Waals surface area contributed by atoms with Gasteiger partial charge in [-0.2, -0.15) is 0 Å². The second-order valence-electron chi connectivity index (χ2n) is 21.9. The third-order valence-corrected chi connectivity index (χ3v) is 20.2. The van der Waals surface area contributed by atoms with Crippen LogP contribution in [0.4, 0.5) is 0 Å². The van der Waals surface area contributed by atoms with E-state index in [4.69, 9.17) is 66.3 Å². The van der Waals surface area contributed by atoms with Crippen LogP contribution in [0.15, 0.2) is 99.0 Å². The van der Waals surface area contributed by atoms with Gasteiger partial charge in [0.05, 0.1) is 69.0 Å². The molecular weight excluding hydrogens is 1180 g/mol. The van der Waals surface area contributed by atoms with Crippen LogP contribution in [0.25, 0.3) is 0 Å². The number of carbonyl (C=O) groups is 8. The van der Waals surface area contributed by atoms with Crippen molar-refractivity contribution in [2.45, 2.75) is 108 Å². The lowest BCUT2D eigenvalue weighted by Crippen LogP contribution is -2.45. The molecule has 12 rings (SSSR count). The van der Waals surface area contributed by atoms with Crippen molar-refractivity contribution in [1.29, 1.82) is 0 Å². The number of allylic oxidation sites excluding steroid dienone is 2. The van der Waals surface area contributed by atoms with Crippen LogP contribution in [0.2, 0.25) is 0 Å². The molecular formula is C58H68O26S2. The van der Waals surface area contributed by atoms with E-state index in [1.165, 1.54) is 6.92 Å². The Labute approximate surface area is 501 Å². The number of hydrogen-bond donors (Lipinski definition) is 4. The molecule has 4 N–H and O–H groups in total. The summed E-state index contributed by atoms with van der Waals surface area (Å²) >= 11 is 3.14. The quantitative estimate of drug-likeness (QED) is 0.0554. The molecule has 28 heteroatoms. The molecule has 0 spiro atoms. The van der Waals surface area contributed by atoms with Gasteiger partial charge < -0.3 is 86.7 Å². The van der Waals surface area contributed by atoms with Gasteiger partial charge in [0.15, 0.2) is 12.2 Å². The topological polar surface area (TPSA) is 347 Å². The van der Waals surface area contributed by atoms with Gasteiger partial charge in [-0.3, -0.25) is 19.2 Å². The molecule has 0 saturated carbocycles. The van der Waals surface area contributed by atoms with E-state index in [2.05, 4.69) is 52.6 Å². The van der Waals surface area contributed by atoms with Crippen molar-refractivity contribution < 1.29 is 125 Å². The number of hydrogen-bond acceptors (Lipinski definition) is 28. The normalized spacial score (nSPS) is 38.4. The van der Waals surface area contributed by atoms with E-state index in [0.717, 1.165) is 12.2 Å². The number of fused-ring (bicyclic) bond motifs is 4. The maximum atomic E-state index is 12.3. The lowest BCUT2D eigenvalue weighted by atomic mass is 9.78. The van der Waals surface area contributed by atoms with Crippen molar-refractivity contribution >= 4 is 71.3 Å². The Morgan fingerprint density at radius 1 is 0.395 bits per heavy atom. The molecule has 0 amide bonds. The molecule has 468 valence electrons. The van der Waals surface area contributed by atoms with E-state index in [-0.39, 0.29) is 128 Å². The summed E-state index contributed by atoms with van der Waals surface area (Å²) in [5.41, 5.74) is 0.575. The van der Waals surface area contributed by atoms with Crippen molar-refractivity contribution in [2.24, 2.45) is 47.3 Å². The van der Waals surface area contributed by atoms with Gasteiger partial charge in [0.1, 0.15) is 114 Å². The average Bonchev–Trinajstić information content (AvgIpc) is 1.78. The van der Waals surface area contributed by atoms with E-state index in [0.29, 0.717) is 28.6 Å². The third-order valence-electron chi connectivity index (χ3n) is 16.6. The molecule has 0 aromatic rings. The highest BCUT2D eigenvalue weighted by Gasteiger charge is 2.71. The van der Waals surface area contributed by atoms with Crippen LogP contribution in [0, 0.1) is 47.3 Å². The summed E-state index contributed by atoms with van der Waals surface area (Å²) < 4.78 is 72.9. The predicted molar refractivity (Wildman–Crippen MR) is 293 cm³/mol. The van der Waals surface area contributed by atoms with Gasteiger partial charge in [-0.15, -0.1) is 23.5 Å². The Kier molecular flexibility index (Phi) is 19.6. The van der Waals surface area contributed by atoms with Gasteiger partial charge in [-0.25, -0.2) is 19.2 Å². The van der Waals surface area contributed by atoms with Crippen LogP contribution in [-0.2, 0) is 105 Å². The average molecular weight is 1250 g/mol. The Bertz CT molecular complexity index is 2650. The molecule has 0 aromatic carbocycles. The van der Waals surface area contributed by atoms with Crippen LogP contribution < -0.4 is 0 Å². The molecule has 24 atom stereocenters. The van der Waals surface area contributed by atoms with Crippen molar-refractivity contribution in [3.05, 3.63) is 99.0 Å². The van der Waals surface area contributed by atoms with Crippen LogP contribution in [0.5, 0.6) is 0 Å². The summed E-state index contributed by atoms with van der Waals surface area (Å²) in [4.78, 5) is 93.0. The molecule has 12 aliphatic heterocycles. The zero-order valence-corrected chi connectivity index (χ0v) is 48.5. The number of thioether (sulfide) groups is 2. The molecule has 86 heavy (non-hydrogen) atoms. The Hall–Kier alpha value is -6.66. The molecule has 12 fully saturated rings. The first-order valence-electron chi connectivity index (χ1n) is 27.6. The van der Waals surface area contributed by atoms with E-state index in [1.54, 1.807) is 30.4 Å². The highest BCUT2D eigenvalue weighted by molar-refractivity contribution is 8.01. The Balaban J connectivity index is 0.000000137. The Morgan fingerprint density at radius 2 is 0.686 bits per heavy atom. The van der Waals surface area contributed by atoms with Crippen LogP contribution in [-0.4, -0.2) is 215 Å². The summed E-state index contributed by atoms with van der Waals surface area (Å²) in [5.74, 6) is -4.94. The fraction of sp³-hybridized carbons (Fsp3) is 0.586. The second-order valence-corrected chi connectivity index (χ2v) is 24.6. The molecule has 12 heterocycles. The zero-order valence-electron chi connectivity index (χ0n) is 46.9. The SMILES string of the molecule is C=C(C)C(=O)OCCOC(=O)C1C2OC3C(OC(=C)C31)C2O.C=C(C)C(=O)OCCOC(=O)C1C2SC3C(OC(=C)C31)C2O.C=CC(=O)OCCOC(=O)C1C2OC3C(OC(=C)C31)C2O.C=CC(=O)OCCOC(=O)C1C2SC3C(OC(=C)C31)C2O. The van der Waals surface area contributed by atoms with Crippen molar-refractivity contribution in [3.63, 3.8) is 0 Å². The summed E-state index contributed by atoms with van der Waals surface area (Å²) in [6.07, 6.45) is -4.34. The molecule has 0 radical (unpaired) electrons. The summed E-state index contributed by atoms with van der Waals surface area (Å²) in [7, 11) is 0. The molecule has 24 unspecified atom stereocenters. The first kappa shape index (κ1) is 63.8. The van der Waals surface area contributed by atoms with Gasteiger partial charge in [0.2, 0.25) is 0 Å². The van der Waals surface area contributed by atoms with E-state index >= 15 is 0 Å². The summed E-state index contributed by atoms with van der Waals surface area (Å²) in [6.45, 7) is 31.5. The first-order valence-corrected chi connectivity index (χ1v) is 29.5. The monoisotopic (exact) mass is 1240 g/mol. The maximum absolute atomic E-state index is 12.3. The number of esters is 8. The number of aliphatic hydroxyl groups is 4. The van der Waals surface area contributed by atoms with Gasteiger partial charge >= 0.3 is 47.8 Å². The highest BCUT2D eigenvalue weighted by Crippen LogP contribution is 2.62. The zero-order chi connectivity index (χ0) is 62.3. The van der Waals surface area contributed by atoms with Gasteiger partial charge in [0, 0.05) is 45.6 Å². The van der Waals surface area contributed by atoms with Gasteiger partial charge in [-0.1, -0.05) is 52.6 Å². The van der Waals surface area contributed by atoms with Gasteiger partial charge in [0.25, 0.3) is 0 Å². The second kappa shape index (κ2) is 26.4. The number of ether oxygens (including phenoxy) is 14. The maximum Gasteiger partial charge on any atom is 0.333 e. The largest absolute Gasteiger partial charge is 0.491 e. The number of rotatable bonds is 20. The lowest BCUT2D eigenvalue weighted by molar-refractivity contribution is -0.157. The van der Waals surface area contributed by atoms with Crippen LogP contribution >= 0.6 is 23.5 Å². The van der Waals surface area contributed by atoms with Gasteiger partial charge in [-0.05, 0) is 13.8 Å². The van der Waals surface area contributed by atoms with Crippen LogP contribution in [0.3, 0.4) is 0 Å². The smallest absolute Gasteiger partial charge is 0.333 e. The van der Waals surface area contributed by atoms with Crippen molar-refractivity contribution in [2.75, 3.05) is 52.9 Å². The Morgan fingerprint density at radius 3 is 1.01 bits per heavy atom. The molecule has 8 bridgehead atoms. The molecule has 0 aromatic heterocycles. The first-order chi connectivity index (χ1) is 40.9. The minimum Gasteiger partial charge on any atom is -0.491 e. The molecule has 0 aliphatic carbocycles. The van der Waals surface area contributed by atoms with Crippen molar-refractivity contribution in [1.82, 2.24) is 0 Å². The van der Waals surface area contributed by atoms with E-state index in [9.17, 15) is 58.8 Å². The third kappa shape index (κ3) is 12.1. The summed E-state index contributed by atoms with van der Waals surface area (Å²) in [6, 6.07) is 0. The standard InChI is InChI=1S/C15H18O7.C15H18O6S.C14H16O7.C14H16O6S/c1-6(2)14(17)19-4-5-20-15(18)9-8-7(3)21-13-10(16)11(9)22-12(8)13;1-6(2)14(17)19-4-5-20-15(18)9-8-7(3)21-11-10(16)12(9)22-13(8)11;1-3-7(15)18-4-5-19-14(17)9-8-6(2)20-13-10(16)11(9)21-12(8)13;1-3-7(15)18-4-5-19-14(17)9-8-6(2)20-11-10(16)12(9)21-13(8)11/h2*8-13,16H,1,3-5H2,2H3;2*3,8-13,16H,1-2,4-5H2. The van der Waals surface area contributed by atoms with E-state index < -0.39 is 120 Å². The molecule has 12 aliphatic rings. The highest BCUT2D eigenvalue weighted by atomic mass is 32.2. The van der Waals surface area contributed by atoms with Crippen molar-refractivity contribution in [3.8, 4) is 0 Å². The summed E-state index contributed by atoms with van der Waals surface area (Å²) in [5, 5.41) is 40.1. The lowest BCUT2D eigenvalue weighted by Gasteiger charge is -2.26. The minimum absolute atomic E-state index is 0.0152. The number of carbonyl (C=O) groups excluding carboxylic acids is 8. The fourth-order valence-electron chi connectivity index (χ4n) is 13.0. The fourth-order valence-corrected chi connectivity index (χ4v) is 16.9. The minimum atomic E-state index is -0.862. The molecule has 12 saturated heterocycles. The van der Waals surface area contributed by atoms with E-state index in [1.807, 2.05) is 0 Å². The van der Waals surface area contributed by atoms with Crippen LogP contribution in [0.1, 0.15) is 13.8 Å². The molecule has 26 nitrogen and oxygen atoms in total. The number of aliphatic hydroxyl groups excluding tert-OH is 4. The predicted octanol–water partition coefficient (Wildman–Crippen LogP) is 0.396.